The van der Waals surface area contributed by atoms with Gasteiger partial charge in [0, 0.05) is 20.3 Å². The first-order chi connectivity index (χ1) is 9.86. The first-order valence-electron chi connectivity index (χ1n) is 6.18. The van der Waals surface area contributed by atoms with Gasteiger partial charge in [0.05, 0.1) is 10.5 Å². The summed E-state index contributed by atoms with van der Waals surface area (Å²) < 4.78 is 28.8. The van der Waals surface area contributed by atoms with Gasteiger partial charge in [0.2, 0.25) is 5.91 Å². The molecule has 0 saturated heterocycles. The molecular formula is C13H17NO6S. The topological polar surface area (TPSA) is 110 Å². The van der Waals surface area contributed by atoms with Gasteiger partial charge in [-0.1, -0.05) is 0 Å². The molecule has 0 aliphatic carbocycles. The largest absolute Gasteiger partial charge is 0.478 e. The number of amides is 1. The molecule has 0 aromatic heterocycles. The van der Waals surface area contributed by atoms with Crippen LogP contribution in [0.5, 0.6) is 0 Å². The number of carboxylic acids is 1. The molecule has 0 fully saturated rings. The van der Waals surface area contributed by atoms with E-state index in [9.17, 15) is 18.0 Å². The zero-order valence-electron chi connectivity index (χ0n) is 11.5. The van der Waals surface area contributed by atoms with Crippen molar-refractivity contribution in [3.63, 3.8) is 0 Å². The number of carbonyl (C=O) groups is 2. The van der Waals surface area contributed by atoms with E-state index in [2.05, 4.69) is 5.32 Å². The average molecular weight is 315 g/mol. The number of rotatable bonds is 8. The summed E-state index contributed by atoms with van der Waals surface area (Å²) in [6.07, 6.45) is 0.593. The molecule has 0 saturated carbocycles. The number of sulfone groups is 1. The highest BCUT2D eigenvalue weighted by Crippen LogP contribution is 2.12. The predicted molar refractivity (Wildman–Crippen MR) is 75.0 cm³/mol. The van der Waals surface area contributed by atoms with Gasteiger partial charge in [0.25, 0.3) is 0 Å². The Morgan fingerprint density at radius 3 is 2.38 bits per heavy atom. The van der Waals surface area contributed by atoms with E-state index in [1.807, 2.05) is 0 Å². The van der Waals surface area contributed by atoms with Gasteiger partial charge in [-0.3, -0.25) is 4.79 Å². The Morgan fingerprint density at radius 2 is 1.86 bits per heavy atom. The molecule has 2 N–H and O–H groups in total. The highest BCUT2D eigenvalue weighted by atomic mass is 32.2. The second kappa shape index (κ2) is 7.75. The molecular weight excluding hydrogens is 298 g/mol. The van der Waals surface area contributed by atoms with Crippen LogP contribution in [0.4, 0.5) is 0 Å². The van der Waals surface area contributed by atoms with Crippen molar-refractivity contribution in [2.24, 2.45) is 0 Å². The van der Waals surface area contributed by atoms with E-state index < -0.39 is 27.5 Å². The molecule has 0 bridgehead atoms. The standard InChI is InChI=1S/C13H17NO6S/c1-20-8-2-7-14-12(15)9-21(18,19)11-5-3-10(4-6-11)13(16)17/h3-6H,2,7-9H2,1H3,(H,14,15)(H,16,17). The Labute approximate surface area is 122 Å². The van der Waals surface area contributed by atoms with Crippen LogP contribution in [-0.4, -0.2) is 51.4 Å². The molecule has 1 amide bonds. The summed E-state index contributed by atoms with van der Waals surface area (Å²) in [4.78, 5) is 22.1. The number of aromatic carboxylic acids is 1. The minimum absolute atomic E-state index is 0.0158. The van der Waals surface area contributed by atoms with Crippen molar-refractivity contribution >= 4 is 21.7 Å². The van der Waals surface area contributed by atoms with E-state index >= 15 is 0 Å². The molecule has 1 rings (SSSR count). The van der Waals surface area contributed by atoms with Crippen molar-refractivity contribution in [3.8, 4) is 0 Å². The van der Waals surface area contributed by atoms with Gasteiger partial charge in [0.1, 0.15) is 5.75 Å². The Kier molecular flexibility index (Phi) is 6.32. The van der Waals surface area contributed by atoms with E-state index in [-0.39, 0.29) is 10.5 Å². The van der Waals surface area contributed by atoms with E-state index in [1.54, 1.807) is 0 Å². The van der Waals surface area contributed by atoms with Crippen LogP contribution in [0.15, 0.2) is 29.2 Å². The highest BCUT2D eigenvalue weighted by molar-refractivity contribution is 7.92. The Bertz CT molecular complexity index is 594. The second-order valence-electron chi connectivity index (χ2n) is 4.28. The molecule has 0 aliphatic rings. The van der Waals surface area contributed by atoms with Gasteiger partial charge < -0.3 is 15.2 Å². The van der Waals surface area contributed by atoms with Crippen LogP contribution in [0.1, 0.15) is 16.8 Å². The molecule has 0 aliphatic heterocycles. The van der Waals surface area contributed by atoms with E-state index in [1.165, 1.54) is 31.4 Å². The molecule has 21 heavy (non-hydrogen) atoms. The van der Waals surface area contributed by atoms with Crippen molar-refractivity contribution in [3.05, 3.63) is 29.8 Å². The summed E-state index contributed by atoms with van der Waals surface area (Å²) in [6.45, 7) is 0.809. The molecule has 0 atom stereocenters. The average Bonchev–Trinajstić information content (AvgIpc) is 2.43. The Hall–Kier alpha value is -1.93. The molecule has 0 unspecified atom stereocenters. The van der Waals surface area contributed by atoms with E-state index in [4.69, 9.17) is 9.84 Å². The SMILES string of the molecule is COCCCNC(=O)CS(=O)(=O)c1ccc(C(=O)O)cc1. The fourth-order valence-electron chi connectivity index (χ4n) is 1.56. The number of carbonyl (C=O) groups excluding carboxylic acids is 1. The van der Waals surface area contributed by atoms with E-state index in [0.717, 1.165) is 0 Å². The summed E-state index contributed by atoms with van der Waals surface area (Å²) in [5.41, 5.74) is -0.0158. The quantitative estimate of drug-likeness (QED) is 0.668. The number of carboxylic acid groups (broad SMARTS) is 1. The number of methoxy groups -OCH3 is 1. The molecule has 1 aromatic carbocycles. The number of ether oxygens (including phenoxy) is 1. The zero-order valence-corrected chi connectivity index (χ0v) is 12.4. The molecule has 0 spiro atoms. The van der Waals surface area contributed by atoms with Crippen LogP contribution in [0.2, 0.25) is 0 Å². The van der Waals surface area contributed by atoms with Gasteiger partial charge >= 0.3 is 5.97 Å². The maximum Gasteiger partial charge on any atom is 0.335 e. The van der Waals surface area contributed by atoms with E-state index in [0.29, 0.717) is 19.6 Å². The molecule has 7 nitrogen and oxygen atoms in total. The molecule has 0 heterocycles. The van der Waals surface area contributed by atoms with Gasteiger partial charge in [-0.2, -0.15) is 0 Å². The minimum atomic E-state index is -3.78. The van der Waals surface area contributed by atoms with Crippen molar-refractivity contribution < 1.29 is 27.9 Å². The summed E-state index contributed by atoms with van der Waals surface area (Å²) in [7, 11) is -2.25. The zero-order chi connectivity index (χ0) is 15.9. The third-order valence-electron chi connectivity index (χ3n) is 2.63. The summed E-state index contributed by atoms with van der Waals surface area (Å²) in [5.74, 6) is -2.42. The number of hydrogen-bond donors (Lipinski definition) is 2. The number of benzene rings is 1. The third kappa shape index (κ3) is 5.52. The lowest BCUT2D eigenvalue weighted by Gasteiger charge is -2.06. The maximum atomic E-state index is 12.0. The number of hydrogen-bond acceptors (Lipinski definition) is 5. The maximum absolute atomic E-state index is 12.0. The van der Waals surface area contributed by atoms with Crippen molar-refractivity contribution in [1.29, 1.82) is 0 Å². The predicted octanol–water partition coefficient (Wildman–Crippen LogP) is 0.311. The summed E-state index contributed by atoms with van der Waals surface area (Å²) in [6, 6.07) is 4.73. The lowest BCUT2D eigenvalue weighted by Crippen LogP contribution is -2.31. The summed E-state index contributed by atoms with van der Waals surface area (Å²) >= 11 is 0. The normalized spacial score (nSPS) is 11.1. The Morgan fingerprint density at radius 1 is 1.24 bits per heavy atom. The first-order valence-corrected chi connectivity index (χ1v) is 7.84. The monoisotopic (exact) mass is 315 g/mol. The van der Waals surface area contributed by atoms with Crippen molar-refractivity contribution in [2.75, 3.05) is 26.0 Å². The second-order valence-corrected chi connectivity index (χ2v) is 6.27. The highest BCUT2D eigenvalue weighted by Gasteiger charge is 2.19. The van der Waals surface area contributed by atoms with Crippen LogP contribution >= 0.6 is 0 Å². The van der Waals surface area contributed by atoms with Crippen LogP contribution in [0, 0.1) is 0 Å². The lowest BCUT2D eigenvalue weighted by molar-refractivity contribution is -0.118. The minimum Gasteiger partial charge on any atom is -0.478 e. The summed E-state index contributed by atoms with van der Waals surface area (Å²) in [5, 5.41) is 11.2. The molecule has 0 radical (unpaired) electrons. The van der Waals surface area contributed by atoms with Crippen molar-refractivity contribution in [2.45, 2.75) is 11.3 Å². The van der Waals surface area contributed by atoms with Gasteiger partial charge in [-0.15, -0.1) is 0 Å². The van der Waals surface area contributed by atoms with Crippen LogP contribution in [0.3, 0.4) is 0 Å². The lowest BCUT2D eigenvalue weighted by atomic mass is 10.2. The van der Waals surface area contributed by atoms with Gasteiger partial charge in [-0.25, -0.2) is 13.2 Å². The van der Waals surface area contributed by atoms with Gasteiger partial charge in [-0.05, 0) is 30.7 Å². The molecule has 1 aromatic rings. The fourth-order valence-corrected chi connectivity index (χ4v) is 2.72. The fraction of sp³-hybridized carbons (Fsp3) is 0.385. The van der Waals surface area contributed by atoms with Gasteiger partial charge in [0.15, 0.2) is 9.84 Å². The van der Waals surface area contributed by atoms with Crippen LogP contribution in [-0.2, 0) is 19.4 Å². The third-order valence-corrected chi connectivity index (χ3v) is 4.26. The first kappa shape index (κ1) is 17.1. The van der Waals surface area contributed by atoms with Crippen LogP contribution in [0.25, 0.3) is 0 Å². The molecule has 116 valence electrons. The number of nitrogens with one attached hydrogen (secondary N) is 1. The smallest absolute Gasteiger partial charge is 0.335 e. The van der Waals surface area contributed by atoms with Crippen molar-refractivity contribution in [1.82, 2.24) is 5.32 Å². The Balaban J connectivity index is 2.64. The van der Waals surface area contributed by atoms with Crippen LogP contribution < -0.4 is 5.32 Å². The molecule has 8 heteroatoms.